The van der Waals surface area contributed by atoms with Crippen molar-refractivity contribution in [1.82, 2.24) is 0 Å². The number of nitrogens with two attached hydrogens (primary N) is 1. The van der Waals surface area contributed by atoms with Gasteiger partial charge in [0.2, 0.25) is 0 Å². The van der Waals surface area contributed by atoms with Crippen molar-refractivity contribution in [2.45, 2.75) is 43.4 Å². The van der Waals surface area contributed by atoms with Crippen LogP contribution in [0.5, 0.6) is 0 Å². The van der Waals surface area contributed by atoms with E-state index >= 15 is 0 Å². The molecule has 0 heterocycles. The molecule has 19 heavy (non-hydrogen) atoms. The SMILES string of the molecule is CS(=O)(=O)C1CCCC(CC(N)c2ccccc2)C1. The second-order valence-corrected chi connectivity index (χ2v) is 8.06. The number of hydrogen-bond acceptors (Lipinski definition) is 3. The van der Waals surface area contributed by atoms with E-state index in [9.17, 15) is 8.42 Å². The molecule has 2 rings (SSSR count). The Morgan fingerprint density at radius 2 is 1.95 bits per heavy atom. The molecule has 1 aliphatic carbocycles. The molecule has 2 N–H and O–H groups in total. The second kappa shape index (κ2) is 6.06. The molecule has 0 radical (unpaired) electrons. The molecule has 1 fully saturated rings. The average molecular weight is 281 g/mol. The first kappa shape index (κ1) is 14.5. The molecule has 3 unspecified atom stereocenters. The highest BCUT2D eigenvalue weighted by Gasteiger charge is 2.29. The van der Waals surface area contributed by atoms with Gasteiger partial charge in [-0.15, -0.1) is 0 Å². The molecule has 1 aromatic rings. The van der Waals surface area contributed by atoms with Crippen molar-refractivity contribution in [2.24, 2.45) is 11.7 Å². The third-order valence-electron chi connectivity index (χ3n) is 4.16. The van der Waals surface area contributed by atoms with Crippen LogP contribution in [0.15, 0.2) is 30.3 Å². The lowest BCUT2D eigenvalue weighted by atomic mass is 9.83. The van der Waals surface area contributed by atoms with E-state index in [1.165, 1.54) is 6.26 Å². The first-order valence-electron chi connectivity index (χ1n) is 6.96. The van der Waals surface area contributed by atoms with Crippen molar-refractivity contribution in [3.8, 4) is 0 Å². The van der Waals surface area contributed by atoms with Crippen LogP contribution in [0.2, 0.25) is 0 Å². The zero-order valence-corrected chi connectivity index (χ0v) is 12.3. The summed E-state index contributed by atoms with van der Waals surface area (Å²) in [6.45, 7) is 0. The van der Waals surface area contributed by atoms with E-state index in [0.29, 0.717) is 5.92 Å². The Morgan fingerprint density at radius 3 is 2.58 bits per heavy atom. The lowest BCUT2D eigenvalue weighted by Gasteiger charge is -2.29. The molecular weight excluding hydrogens is 258 g/mol. The first-order valence-corrected chi connectivity index (χ1v) is 8.91. The summed E-state index contributed by atoms with van der Waals surface area (Å²) >= 11 is 0. The molecule has 0 spiro atoms. The van der Waals surface area contributed by atoms with Gasteiger partial charge in [0, 0.05) is 12.3 Å². The Hall–Kier alpha value is -0.870. The largest absolute Gasteiger partial charge is 0.324 e. The van der Waals surface area contributed by atoms with Crippen LogP contribution in [0.25, 0.3) is 0 Å². The van der Waals surface area contributed by atoms with Gasteiger partial charge < -0.3 is 5.73 Å². The summed E-state index contributed by atoms with van der Waals surface area (Å²) in [5, 5.41) is -0.158. The molecule has 1 aliphatic rings. The Bertz CT molecular complexity index is 498. The van der Waals surface area contributed by atoms with E-state index in [-0.39, 0.29) is 11.3 Å². The predicted molar refractivity (Wildman–Crippen MR) is 78.6 cm³/mol. The Morgan fingerprint density at radius 1 is 1.26 bits per heavy atom. The maximum absolute atomic E-state index is 11.7. The fraction of sp³-hybridized carbons (Fsp3) is 0.600. The van der Waals surface area contributed by atoms with Crippen LogP contribution in [-0.4, -0.2) is 19.9 Å². The average Bonchev–Trinajstić information content (AvgIpc) is 2.39. The molecule has 0 amide bonds. The van der Waals surface area contributed by atoms with Gasteiger partial charge in [0.15, 0.2) is 0 Å². The van der Waals surface area contributed by atoms with E-state index in [0.717, 1.165) is 37.7 Å². The zero-order valence-electron chi connectivity index (χ0n) is 11.5. The van der Waals surface area contributed by atoms with Gasteiger partial charge in [-0.25, -0.2) is 8.42 Å². The van der Waals surface area contributed by atoms with E-state index in [2.05, 4.69) is 0 Å². The fourth-order valence-corrected chi connectivity index (χ4v) is 4.26. The molecular formula is C15H23NO2S. The van der Waals surface area contributed by atoms with Gasteiger partial charge in [-0.2, -0.15) is 0 Å². The smallest absolute Gasteiger partial charge is 0.150 e. The van der Waals surface area contributed by atoms with Gasteiger partial charge >= 0.3 is 0 Å². The molecule has 3 atom stereocenters. The fourth-order valence-electron chi connectivity index (χ4n) is 3.04. The lowest BCUT2D eigenvalue weighted by Crippen LogP contribution is -2.29. The standard InChI is InChI=1S/C15H23NO2S/c1-19(17,18)14-9-5-6-12(10-14)11-15(16)13-7-3-2-4-8-13/h2-4,7-8,12,14-15H,5-6,9-11,16H2,1H3. The molecule has 0 bridgehead atoms. The van der Waals surface area contributed by atoms with Crippen molar-refractivity contribution in [1.29, 1.82) is 0 Å². The van der Waals surface area contributed by atoms with E-state index < -0.39 is 9.84 Å². The molecule has 1 saturated carbocycles. The normalized spacial score (nSPS) is 26.0. The number of sulfone groups is 1. The summed E-state index contributed by atoms with van der Waals surface area (Å²) in [5.74, 6) is 0.434. The molecule has 0 aliphatic heterocycles. The van der Waals surface area contributed by atoms with Crippen molar-refractivity contribution < 1.29 is 8.42 Å². The summed E-state index contributed by atoms with van der Waals surface area (Å²) in [6, 6.07) is 10.1. The van der Waals surface area contributed by atoms with Crippen molar-refractivity contribution >= 4 is 9.84 Å². The quantitative estimate of drug-likeness (QED) is 0.923. The highest BCUT2D eigenvalue weighted by molar-refractivity contribution is 7.91. The van der Waals surface area contributed by atoms with Crippen LogP contribution in [0.4, 0.5) is 0 Å². The highest BCUT2D eigenvalue weighted by Crippen LogP contribution is 2.33. The second-order valence-electron chi connectivity index (χ2n) is 5.74. The molecule has 1 aromatic carbocycles. The zero-order chi connectivity index (χ0) is 13.9. The monoisotopic (exact) mass is 281 g/mol. The number of rotatable bonds is 4. The van der Waals surface area contributed by atoms with Crippen LogP contribution < -0.4 is 5.73 Å². The highest BCUT2D eigenvalue weighted by atomic mass is 32.2. The van der Waals surface area contributed by atoms with Gasteiger partial charge in [0.25, 0.3) is 0 Å². The molecule has 0 saturated heterocycles. The predicted octanol–water partition coefficient (Wildman–Crippen LogP) is 2.68. The van der Waals surface area contributed by atoms with Crippen LogP contribution in [-0.2, 0) is 9.84 Å². The summed E-state index contributed by atoms with van der Waals surface area (Å²) < 4.78 is 23.3. The molecule has 4 heteroatoms. The van der Waals surface area contributed by atoms with E-state index in [4.69, 9.17) is 5.73 Å². The summed E-state index contributed by atoms with van der Waals surface area (Å²) in [5.41, 5.74) is 7.37. The van der Waals surface area contributed by atoms with E-state index in [1.807, 2.05) is 30.3 Å². The van der Waals surface area contributed by atoms with Crippen LogP contribution in [0.1, 0.15) is 43.7 Å². The molecule has 3 nitrogen and oxygen atoms in total. The van der Waals surface area contributed by atoms with Gasteiger partial charge in [0.05, 0.1) is 5.25 Å². The molecule has 0 aromatic heterocycles. The third-order valence-corrected chi connectivity index (χ3v) is 5.79. The Balaban J connectivity index is 1.96. The minimum absolute atomic E-state index is 0.0181. The summed E-state index contributed by atoms with van der Waals surface area (Å²) in [4.78, 5) is 0. The van der Waals surface area contributed by atoms with Crippen molar-refractivity contribution in [2.75, 3.05) is 6.26 Å². The Kier molecular flexibility index (Phi) is 4.63. The van der Waals surface area contributed by atoms with Gasteiger partial charge in [-0.3, -0.25) is 0 Å². The third kappa shape index (κ3) is 4.05. The van der Waals surface area contributed by atoms with E-state index in [1.54, 1.807) is 0 Å². The minimum Gasteiger partial charge on any atom is -0.324 e. The van der Waals surface area contributed by atoms with Gasteiger partial charge in [-0.1, -0.05) is 43.2 Å². The number of hydrogen-bond donors (Lipinski definition) is 1. The van der Waals surface area contributed by atoms with Gasteiger partial charge in [-0.05, 0) is 30.7 Å². The van der Waals surface area contributed by atoms with Crippen LogP contribution in [0, 0.1) is 5.92 Å². The Labute approximate surface area is 116 Å². The first-order chi connectivity index (χ1) is 8.97. The molecule has 106 valence electrons. The van der Waals surface area contributed by atoms with Gasteiger partial charge in [0.1, 0.15) is 9.84 Å². The minimum atomic E-state index is -2.90. The lowest BCUT2D eigenvalue weighted by molar-refractivity contribution is 0.319. The topological polar surface area (TPSA) is 60.2 Å². The van der Waals surface area contributed by atoms with Crippen molar-refractivity contribution in [3.63, 3.8) is 0 Å². The summed E-state index contributed by atoms with van der Waals surface area (Å²) in [6.07, 6.45) is 5.94. The summed E-state index contributed by atoms with van der Waals surface area (Å²) in [7, 11) is -2.90. The van der Waals surface area contributed by atoms with Crippen LogP contribution >= 0.6 is 0 Å². The maximum Gasteiger partial charge on any atom is 0.150 e. The van der Waals surface area contributed by atoms with Crippen molar-refractivity contribution in [3.05, 3.63) is 35.9 Å². The van der Waals surface area contributed by atoms with Crippen LogP contribution in [0.3, 0.4) is 0 Å². The maximum atomic E-state index is 11.7. The number of benzene rings is 1.